The van der Waals surface area contributed by atoms with Crippen LogP contribution in [-0.4, -0.2) is 67.4 Å². The van der Waals surface area contributed by atoms with E-state index in [1.54, 1.807) is 30.3 Å². The molecule has 0 spiro atoms. The van der Waals surface area contributed by atoms with E-state index in [9.17, 15) is 22.8 Å². The summed E-state index contributed by atoms with van der Waals surface area (Å²) in [5, 5.41) is 2.63. The number of alkyl halides is 3. The predicted molar refractivity (Wildman–Crippen MR) is 111 cm³/mol. The zero-order chi connectivity index (χ0) is 23.6. The van der Waals surface area contributed by atoms with Gasteiger partial charge in [0.05, 0.1) is 24.0 Å². The van der Waals surface area contributed by atoms with Crippen LogP contribution in [0.5, 0.6) is 11.6 Å². The normalized spacial score (nSPS) is 18.8. The molecule has 2 aromatic rings. The highest BCUT2D eigenvalue weighted by molar-refractivity contribution is 5.99. The van der Waals surface area contributed by atoms with E-state index in [4.69, 9.17) is 4.74 Å². The molecule has 176 valence electrons. The molecule has 12 heteroatoms. The van der Waals surface area contributed by atoms with Gasteiger partial charge in [0.2, 0.25) is 11.8 Å². The Labute approximate surface area is 187 Å². The number of carbonyl (C=O) groups excluding carboxylic acids is 2. The van der Waals surface area contributed by atoms with Crippen molar-refractivity contribution in [1.82, 2.24) is 15.3 Å². The number of halogens is 3. The van der Waals surface area contributed by atoms with E-state index in [0.717, 1.165) is 5.82 Å². The molecule has 1 N–H and O–H groups in total. The van der Waals surface area contributed by atoms with Gasteiger partial charge in [-0.05, 0) is 18.2 Å². The summed E-state index contributed by atoms with van der Waals surface area (Å²) in [6, 6.07) is 6.26. The zero-order valence-corrected chi connectivity index (χ0v) is 17.7. The molecule has 4 rings (SSSR count). The Kier molecular flexibility index (Phi) is 6.25. The van der Waals surface area contributed by atoms with Crippen LogP contribution in [0, 0.1) is 5.92 Å². The number of anilines is 2. The van der Waals surface area contributed by atoms with Crippen molar-refractivity contribution < 1.29 is 32.2 Å². The average molecular weight is 465 g/mol. The first-order chi connectivity index (χ1) is 15.7. The molecule has 0 unspecified atom stereocenters. The van der Waals surface area contributed by atoms with E-state index in [2.05, 4.69) is 20.0 Å². The molecule has 0 saturated carbocycles. The van der Waals surface area contributed by atoms with E-state index >= 15 is 0 Å². The van der Waals surface area contributed by atoms with Crippen LogP contribution in [0.1, 0.15) is 6.42 Å². The molecule has 33 heavy (non-hydrogen) atoms. The SMILES string of the molecule is CNC(=O)C1CN(c2ccc(N3CC[C@@H](Oc4ccc(OCC(F)(F)F)nc4)C3=O)cn2)C1. The summed E-state index contributed by atoms with van der Waals surface area (Å²) in [5.74, 6) is 0.521. The fourth-order valence-electron chi connectivity index (χ4n) is 3.62. The summed E-state index contributed by atoms with van der Waals surface area (Å²) in [6.45, 7) is 0.194. The van der Waals surface area contributed by atoms with Gasteiger partial charge in [0, 0.05) is 39.2 Å². The fourth-order valence-corrected chi connectivity index (χ4v) is 3.62. The molecule has 2 amide bonds. The highest BCUT2D eigenvalue weighted by Gasteiger charge is 2.36. The quantitative estimate of drug-likeness (QED) is 0.666. The molecule has 0 aliphatic carbocycles. The van der Waals surface area contributed by atoms with E-state index in [1.165, 1.54) is 18.3 Å². The molecule has 9 nitrogen and oxygen atoms in total. The molecule has 1 atom stereocenters. The number of nitrogens with zero attached hydrogens (tertiary/aromatic N) is 4. The number of aromatic nitrogens is 2. The lowest BCUT2D eigenvalue weighted by Gasteiger charge is -2.38. The van der Waals surface area contributed by atoms with Crippen molar-refractivity contribution in [2.24, 2.45) is 5.92 Å². The Balaban J connectivity index is 1.30. The van der Waals surface area contributed by atoms with Crippen LogP contribution in [0.3, 0.4) is 0 Å². The third-order valence-corrected chi connectivity index (χ3v) is 5.39. The maximum atomic E-state index is 12.8. The van der Waals surface area contributed by atoms with Crippen LogP contribution in [0.15, 0.2) is 36.7 Å². The van der Waals surface area contributed by atoms with Gasteiger partial charge in [0.25, 0.3) is 5.91 Å². The van der Waals surface area contributed by atoms with Gasteiger partial charge in [0.15, 0.2) is 12.7 Å². The number of rotatable bonds is 7. The summed E-state index contributed by atoms with van der Waals surface area (Å²) < 4.78 is 46.9. The molecule has 2 aromatic heterocycles. The first kappa shape index (κ1) is 22.6. The van der Waals surface area contributed by atoms with E-state index in [0.29, 0.717) is 31.7 Å². The molecule has 2 aliphatic rings. The smallest absolute Gasteiger partial charge is 0.422 e. The van der Waals surface area contributed by atoms with Crippen molar-refractivity contribution in [1.29, 1.82) is 0 Å². The molecule has 2 fully saturated rings. The molecule has 4 heterocycles. The van der Waals surface area contributed by atoms with Crippen LogP contribution in [0.25, 0.3) is 0 Å². The standard InChI is InChI=1S/C21H22F3N5O4/c1-25-19(30)13-10-28(11-13)17-4-2-14(8-26-17)29-7-6-16(20(29)31)33-15-3-5-18(27-9-15)32-12-21(22,23)24/h2-5,8-9,13,16H,6-7,10-12H2,1H3,(H,25,30)/t16-/m1/s1. The molecule has 0 aromatic carbocycles. The van der Waals surface area contributed by atoms with E-state index < -0.39 is 18.9 Å². The lowest BCUT2D eigenvalue weighted by Crippen LogP contribution is -2.53. The zero-order valence-electron chi connectivity index (χ0n) is 17.7. The minimum atomic E-state index is -4.45. The second-order valence-corrected chi connectivity index (χ2v) is 7.71. The number of hydrogen-bond acceptors (Lipinski definition) is 7. The average Bonchev–Trinajstić information content (AvgIpc) is 3.12. The number of carbonyl (C=O) groups is 2. The van der Waals surface area contributed by atoms with Crippen molar-refractivity contribution >= 4 is 23.3 Å². The minimum absolute atomic E-state index is 0.00949. The Hall–Kier alpha value is -3.57. The second-order valence-electron chi connectivity index (χ2n) is 7.71. The number of amides is 2. The van der Waals surface area contributed by atoms with Gasteiger partial charge in [-0.3, -0.25) is 9.59 Å². The van der Waals surface area contributed by atoms with Crippen molar-refractivity contribution in [2.75, 3.05) is 43.1 Å². The van der Waals surface area contributed by atoms with Gasteiger partial charge in [-0.25, -0.2) is 9.97 Å². The molecular weight excluding hydrogens is 443 g/mol. The maximum Gasteiger partial charge on any atom is 0.422 e. The van der Waals surface area contributed by atoms with Gasteiger partial charge in [0.1, 0.15) is 11.6 Å². The third kappa shape index (κ3) is 5.26. The monoisotopic (exact) mass is 465 g/mol. The molecular formula is C21H22F3N5O4. The summed E-state index contributed by atoms with van der Waals surface area (Å²) >= 11 is 0. The maximum absolute atomic E-state index is 12.8. The number of pyridine rings is 2. The highest BCUT2D eigenvalue weighted by Crippen LogP contribution is 2.28. The summed E-state index contributed by atoms with van der Waals surface area (Å²) in [7, 11) is 1.61. The van der Waals surface area contributed by atoms with Gasteiger partial charge < -0.3 is 24.6 Å². The number of ether oxygens (including phenoxy) is 2. The molecule has 2 aliphatic heterocycles. The third-order valence-electron chi connectivity index (χ3n) is 5.39. The van der Waals surface area contributed by atoms with Gasteiger partial charge in [-0.15, -0.1) is 0 Å². The number of hydrogen-bond donors (Lipinski definition) is 1. The Morgan fingerprint density at radius 2 is 1.97 bits per heavy atom. The van der Waals surface area contributed by atoms with Crippen molar-refractivity contribution in [3.8, 4) is 11.6 Å². The van der Waals surface area contributed by atoms with Gasteiger partial charge in [-0.1, -0.05) is 0 Å². The van der Waals surface area contributed by atoms with Crippen molar-refractivity contribution in [3.05, 3.63) is 36.7 Å². The predicted octanol–water partition coefficient (Wildman–Crippen LogP) is 1.78. The van der Waals surface area contributed by atoms with Crippen molar-refractivity contribution in [2.45, 2.75) is 18.7 Å². The largest absolute Gasteiger partial charge is 0.479 e. The van der Waals surface area contributed by atoms with E-state index in [-0.39, 0.29) is 29.4 Å². The van der Waals surface area contributed by atoms with Crippen LogP contribution < -0.4 is 24.6 Å². The minimum Gasteiger partial charge on any atom is -0.479 e. The van der Waals surface area contributed by atoms with Crippen LogP contribution in [0.2, 0.25) is 0 Å². The topological polar surface area (TPSA) is 96.9 Å². The molecule has 2 saturated heterocycles. The Morgan fingerprint density at radius 3 is 2.58 bits per heavy atom. The summed E-state index contributed by atoms with van der Waals surface area (Å²) in [5.41, 5.74) is 0.632. The van der Waals surface area contributed by atoms with Gasteiger partial charge in [-0.2, -0.15) is 13.2 Å². The second kappa shape index (κ2) is 9.12. The van der Waals surface area contributed by atoms with Crippen LogP contribution >= 0.6 is 0 Å². The van der Waals surface area contributed by atoms with Crippen LogP contribution in [-0.2, 0) is 9.59 Å². The summed E-state index contributed by atoms with van der Waals surface area (Å²) in [4.78, 5) is 36.1. The molecule has 0 radical (unpaired) electrons. The fraction of sp³-hybridized carbons (Fsp3) is 0.429. The van der Waals surface area contributed by atoms with Crippen molar-refractivity contribution in [3.63, 3.8) is 0 Å². The lowest BCUT2D eigenvalue weighted by molar-refractivity contribution is -0.154. The Bertz CT molecular complexity index is 994. The van der Waals surface area contributed by atoms with E-state index in [1.807, 2.05) is 4.90 Å². The first-order valence-corrected chi connectivity index (χ1v) is 10.3. The number of nitrogens with one attached hydrogen (secondary N) is 1. The summed E-state index contributed by atoms with van der Waals surface area (Å²) in [6.07, 6.45) is -1.93. The first-order valence-electron chi connectivity index (χ1n) is 10.3. The highest BCUT2D eigenvalue weighted by atomic mass is 19.4. The Morgan fingerprint density at radius 1 is 1.18 bits per heavy atom. The molecule has 0 bridgehead atoms. The lowest BCUT2D eigenvalue weighted by atomic mass is 9.99. The van der Waals surface area contributed by atoms with Crippen LogP contribution in [0.4, 0.5) is 24.7 Å². The van der Waals surface area contributed by atoms with Gasteiger partial charge >= 0.3 is 6.18 Å².